The Kier molecular flexibility index (Phi) is 6.64. The van der Waals surface area contributed by atoms with E-state index in [4.69, 9.17) is 5.10 Å². The summed E-state index contributed by atoms with van der Waals surface area (Å²) in [5.41, 5.74) is 6.76. The maximum absolute atomic E-state index is 4.70. The molecule has 5 heteroatoms. The van der Waals surface area contributed by atoms with Gasteiger partial charge in [-0.2, -0.15) is 5.10 Å². The maximum atomic E-state index is 4.70. The van der Waals surface area contributed by atoms with Crippen molar-refractivity contribution in [3.63, 3.8) is 0 Å². The first-order valence-electron chi connectivity index (χ1n) is 10.2. The highest BCUT2D eigenvalue weighted by atomic mass is 79.9. The van der Waals surface area contributed by atoms with Gasteiger partial charge in [-0.05, 0) is 69.7 Å². The number of anilines is 1. The number of aryl methyl sites for hydroxylation is 3. The third kappa shape index (κ3) is 4.57. The number of rotatable bonds is 4. The van der Waals surface area contributed by atoms with Crippen LogP contribution in [0, 0.1) is 20.8 Å². The minimum absolute atomic E-state index is 0. The van der Waals surface area contributed by atoms with Crippen LogP contribution < -0.4 is 4.90 Å². The highest BCUT2D eigenvalue weighted by Gasteiger charge is 2.22. The molecule has 0 bridgehead atoms. The third-order valence-electron chi connectivity index (χ3n) is 6.06. The average Bonchev–Trinajstić information content (AvgIpc) is 3.25. The Morgan fingerprint density at radius 3 is 2.26 bits per heavy atom. The Balaban J connectivity index is 0.00000210. The average molecular weight is 433 g/mol. The van der Waals surface area contributed by atoms with Crippen LogP contribution in [0.3, 0.4) is 0 Å². The summed E-state index contributed by atoms with van der Waals surface area (Å²) in [5.74, 6) is 0. The van der Waals surface area contributed by atoms with Crippen molar-refractivity contribution >= 4 is 22.7 Å². The molecule has 2 aromatic rings. The monoisotopic (exact) mass is 432 g/mol. The molecule has 2 aliphatic rings. The second-order valence-electron chi connectivity index (χ2n) is 8.19. The molecule has 27 heavy (non-hydrogen) atoms. The number of likely N-dealkylation sites (tertiary alicyclic amines) is 1. The Bertz CT molecular complexity index is 756. The van der Waals surface area contributed by atoms with Gasteiger partial charge in [0.1, 0.15) is 0 Å². The normalized spacial score (nSPS) is 18.7. The van der Waals surface area contributed by atoms with E-state index in [2.05, 4.69) is 59.5 Å². The Morgan fingerprint density at radius 2 is 1.67 bits per heavy atom. The van der Waals surface area contributed by atoms with Gasteiger partial charge in [-0.3, -0.25) is 9.58 Å². The van der Waals surface area contributed by atoms with Crippen LogP contribution in [-0.2, 0) is 6.54 Å². The minimum atomic E-state index is 0. The summed E-state index contributed by atoms with van der Waals surface area (Å²) in [6, 6.07) is 9.85. The summed E-state index contributed by atoms with van der Waals surface area (Å²) < 4.78 is 2.25. The second-order valence-corrected chi connectivity index (χ2v) is 8.19. The highest BCUT2D eigenvalue weighted by molar-refractivity contribution is 8.93. The Labute approximate surface area is 174 Å². The molecular weight excluding hydrogens is 400 g/mol. The van der Waals surface area contributed by atoms with Crippen LogP contribution in [0.25, 0.3) is 0 Å². The zero-order valence-corrected chi connectivity index (χ0v) is 18.7. The minimum Gasteiger partial charge on any atom is -0.371 e. The Morgan fingerprint density at radius 1 is 0.963 bits per heavy atom. The number of hydrogen-bond donors (Lipinski definition) is 0. The summed E-state index contributed by atoms with van der Waals surface area (Å²) >= 11 is 0. The smallest absolute Gasteiger partial charge is 0.0596 e. The first kappa shape index (κ1) is 20.4. The summed E-state index contributed by atoms with van der Waals surface area (Å²) in [5, 5.41) is 4.70. The fourth-order valence-corrected chi connectivity index (χ4v) is 4.72. The zero-order chi connectivity index (χ0) is 18.1. The van der Waals surface area contributed by atoms with E-state index in [1.165, 1.54) is 61.3 Å². The molecule has 148 valence electrons. The van der Waals surface area contributed by atoms with E-state index in [1.54, 1.807) is 0 Å². The molecule has 2 aliphatic heterocycles. The van der Waals surface area contributed by atoms with Crippen molar-refractivity contribution < 1.29 is 0 Å². The van der Waals surface area contributed by atoms with Crippen LogP contribution in [0.1, 0.15) is 54.2 Å². The molecule has 0 radical (unpaired) electrons. The van der Waals surface area contributed by atoms with Crippen LogP contribution in [0.4, 0.5) is 5.69 Å². The molecule has 3 heterocycles. The predicted molar refractivity (Wildman–Crippen MR) is 118 cm³/mol. The molecule has 0 unspecified atom stereocenters. The third-order valence-corrected chi connectivity index (χ3v) is 6.06. The molecule has 4 rings (SSSR count). The number of piperidine rings is 1. The van der Waals surface area contributed by atoms with Crippen molar-refractivity contribution in [3.05, 3.63) is 46.8 Å². The van der Waals surface area contributed by atoms with Crippen LogP contribution in [0.2, 0.25) is 0 Å². The lowest BCUT2D eigenvalue weighted by molar-refractivity contribution is 0.172. The second kappa shape index (κ2) is 8.78. The lowest BCUT2D eigenvalue weighted by Crippen LogP contribution is -2.34. The molecule has 2 saturated heterocycles. The lowest BCUT2D eigenvalue weighted by Gasteiger charge is -2.33. The van der Waals surface area contributed by atoms with Crippen molar-refractivity contribution in [2.75, 3.05) is 31.1 Å². The van der Waals surface area contributed by atoms with E-state index in [0.29, 0.717) is 6.04 Å². The summed E-state index contributed by atoms with van der Waals surface area (Å²) in [6.07, 6.45) is 5.08. The molecular formula is C22H33BrN4. The van der Waals surface area contributed by atoms with Crippen molar-refractivity contribution in [1.82, 2.24) is 14.7 Å². The number of aromatic nitrogens is 2. The van der Waals surface area contributed by atoms with Crippen molar-refractivity contribution in [3.8, 4) is 0 Å². The van der Waals surface area contributed by atoms with Gasteiger partial charge in [0.2, 0.25) is 0 Å². The van der Waals surface area contributed by atoms with Gasteiger partial charge in [-0.15, -0.1) is 17.0 Å². The highest BCUT2D eigenvalue weighted by Crippen LogP contribution is 2.27. The van der Waals surface area contributed by atoms with Gasteiger partial charge in [0.15, 0.2) is 0 Å². The fourth-order valence-electron chi connectivity index (χ4n) is 4.72. The van der Waals surface area contributed by atoms with E-state index in [9.17, 15) is 0 Å². The summed E-state index contributed by atoms with van der Waals surface area (Å²) in [7, 11) is 0. The van der Waals surface area contributed by atoms with Crippen LogP contribution in [-0.4, -0.2) is 40.9 Å². The first-order chi connectivity index (χ1) is 12.6. The Hall–Kier alpha value is -1.33. The number of halogens is 1. The molecule has 0 atom stereocenters. The van der Waals surface area contributed by atoms with Gasteiger partial charge < -0.3 is 4.90 Å². The van der Waals surface area contributed by atoms with Gasteiger partial charge in [0.25, 0.3) is 0 Å². The van der Waals surface area contributed by atoms with Gasteiger partial charge in [0, 0.05) is 44.1 Å². The predicted octanol–water partition coefficient (Wildman–Crippen LogP) is 4.82. The van der Waals surface area contributed by atoms with Crippen LogP contribution in [0.15, 0.2) is 24.3 Å². The topological polar surface area (TPSA) is 24.3 Å². The molecule has 0 saturated carbocycles. The summed E-state index contributed by atoms with van der Waals surface area (Å²) in [6.45, 7) is 12.4. The number of nitrogens with zero attached hydrogens (tertiary/aromatic N) is 4. The van der Waals surface area contributed by atoms with Gasteiger partial charge >= 0.3 is 0 Å². The van der Waals surface area contributed by atoms with E-state index in [1.807, 2.05) is 0 Å². The SMILES string of the molecule is Br.Cc1cc(C)n(C2CCN(Cc3ccc(N4CCCC4)c(C)c3)CC2)n1. The molecule has 0 aliphatic carbocycles. The van der Waals surface area contributed by atoms with Crippen molar-refractivity contribution in [2.24, 2.45) is 0 Å². The van der Waals surface area contributed by atoms with E-state index < -0.39 is 0 Å². The van der Waals surface area contributed by atoms with Crippen LogP contribution >= 0.6 is 17.0 Å². The lowest BCUT2D eigenvalue weighted by atomic mass is 10.0. The molecule has 4 nitrogen and oxygen atoms in total. The molecule has 0 spiro atoms. The fraction of sp³-hybridized carbons (Fsp3) is 0.591. The van der Waals surface area contributed by atoms with Gasteiger partial charge in [0.05, 0.1) is 11.7 Å². The largest absolute Gasteiger partial charge is 0.371 e. The zero-order valence-electron chi connectivity index (χ0n) is 16.9. The van der Waals surface area contributed by atoms with Crippen LogP contribution in [0.5, 0.6) is 0 Å². The van der Waals surface area contributed by atoms with Gasteiger partial charge in [-0.25, -0.2) is 0 Å². The quantitative estimate of drug-likeness (QED) is 0.691. The van der Waals surface area contributed by atoms with E-state index in [-0.39, 0.29) is 17.0 Å². The van der Waals surface area contributed by atoms with Crippen molar-refractivity contribution in [2.45, 2.75) is 59.0 Å². The summed E-state index contributed by atoms with van der Waals surface area (Å²) in [4.78, 5) is 5.14. The van der Waals surface area contributed by atoms with Crippen molar-refractivity contribution in [1.29, 1.82) is 0 Å². The maximum Gasteiger partial charge on any atom is 0.0596 e. The number of hydrogen-bond acceptors (Lipinski definition) is 3. The molecule has 1 aromatic heterocycles. The van der Waals surface area contributed by atoms with E-state index >= 15 is 0 Å². The van der Waals surface area contributed by atoms with E-state index in [0.717, 1.165) is 25.3 Å². The molecule has 1 aromatic carbocycles. The standard InChI is InChI=1S/C22H32N4.BrH/c1-17-14-20(6-7-22(17)25-10-4-5-11-25)16-24-12-8-21(9-13-24)26-19(3)15-18(2)23-26;/h6-7,14-15,21H,4-5,8-13,16H2,1-3H3;1H. The number of benzene rings is 1. The van der Waals surface area contributed by atoms with Gasteiger partial charge in [-0.1, -0.05) is 12.1 Å². The first-order valence-corrected chi connectivity index (χ1v) is 10.2. The molecule has 2 fully saturated rings. The molecule has 0 N–H and O–H groups in total. The molecule has 0 amide bonds.